The molecule has 1 aromatic heterocycles. The molecule has 1 aromatic rings. The molecule has 19 heavy (non-hydrogen) atoms. The Morgan fingerprint density at radius 2 is 2.21 bits per heavy atom. The second-order valence-electron chi connectivity index (χ2n) is 4.37. The molecular formula is C11H16FN3O4. The number of rotatable bonds is 3. The Hall–Kier alpha value is -1.51. The molecule has 0 amide bonds. The van der Waals surface area contributed by atoms with Gasteiger partial charge in [-0.25, -0.2) is 9.18 Å². The molecule has 1 saturated heterocycles. The van der Waals surface area contributed by atoms with Gasteiger partial charge in [-0.1, -0.05) is 0 Å². The van der Waals surface area contributed by atoms with Gasteiger partial charge < -0.3 is 20.3 Å². The van der Waals surface area contributed by atoms with Gasteiger partial charge in [0.1, 0.15) is 12.2 Å². The topological polar surface area (TPSA) is 96.6 Å². The van der Waals surface area contributed by atoms with Gasteiger partial charge in [0.05, 0.1) is 12.3 Å². The van der Waals surface area contributed by atoms with Gasteiger partial charge in [0, 0.05) is 6.54 Å². The monoisotopic (exact) mass is 273 g/mol. The van der Waals surface area contributed by atoms with E-state index in [9.17, 15) is 19.4 Å². The maximum atomic E-state index is 13.7. The Kier molecular flexibility index (Phi) is 3.83. The lowest BCUT2D eigenvalue weighted by atomic mass is 10.1. The number of anilines is 1. The number of aliphatic hydroxyl groups is 2. The molecule has 0 spiro atoms. The molecule has 3 N–H and O–H groups in total. The molecule has 1 fully saturated rings. The van der Waals surface area contributed by atoms with Gasteiger partial charge in [-0.3, -0.25) is 4.57 Å². The summed E-state index contributed by atoms with van der Waals surface area (Å²) in [4.78, 5) is 15.3. The molecule has 0 aliphatic carbocycles. The number of aliphatic hydroxyl groups excluding tert-OH is 2. The van der Waals surface area contributed by atoms with Crippen molar-refractivity contribution in [3.05, 3.63) is 22.5 Å². The fourth-order valence-corrected chi connectivity index (χ4v) is 1.98. The summed E-state index contributed by atoms with van der Waals surface area (Å²) in [5.41, 5.74) is -0.761. The van der Waals surface area contributed by atoms with Crippen LogP contribution in [0.4, 0.5) is 10.2 Å². The van der Waals surface area contributed by atoms with E-state index in [1.807, 2.05) is 0 Å². The average molecular weight is 273 g/mol. The van der Waals surface area contributed by atoms with Gasteiger partial charge in [0.2, 0.25) is 0 Å². The molecule has 2 rings (SSSR count). The first-order valence-electron chi connectivity index (χ1n) is 5.99. The molecule has 7 nitrogen and oxygen atoms in total. The molecular weight excluding hydrogens is 257 g/mol. The van der Waals surface area contributed by atoms with Crippen LogP contribution in [-0.2, 0) is 4.74 Å². The third kappa shape index (κ3) is 2.46. The second-order valence-corrected chi connectivity index (χ2v) is 4.37. The van der Waals surface area contributed by atoms with Crippen LogP contribution in [0.3, 0.4) is 0 Å². The Morgan fingerprint density at radius 1 is 1.53 bits per heavy atom. The number of hydrogen-bond acceptors (Lipinski definition) is 6. The number of ether oxygens (including phenoxy) is 1. The molecule has 0 unspecified atom stereocenters. The molecule has 2 heterocycles. The van der Waals surface area contributed by atoms with Crippen LogP contribution in [-0.4, -0.2) is 44.6 Å². The Morgan fingerprint density at radius 3 is 2.74 bits per heavy atom. The molecule has 1 aliphatic rings. The number of hydrogen-bond donors (Lipinski definition) is 3. The van der Waals surface area contributed by atoms with Crippen molar-refractivity contribution in [3.8, 4) is 0 Å². The summed E-state index contributed by atoms with van der Waals surface area (Å²) in [7, 11) is 0. The first kappa shape index (κ1) is 13.9. The molecule has 8 heteroatoms. The van der Waals surface area contributed by atoms with E-state index in [2.05, 4.69) is 10.3 Å². The number of halogens is 1. The SMILES string of the molecule is CCNc1nc(=O)n([C@@H]2O[C@H](C)[C@@H](O)[C@H]2O)cc1F. The highest BCUT2D eigenvalue weighted by Crippen LogP contribution is 2.28. The van der Waals surface area contributed by atoms with Crippen LogP contribution in [0.1, 0.15) is 20.1 Å². The van der Waals surface area contributed by atoms with Crippen molar-refractivity contribution in [3.63, 3.8) is 0 Å². The van der Waals surface area contributed by atoms with Crippen LogP contribution >= 0.6 is 0 Å². The second kappa shape index (κ2) is 5.24. The Balaban J connectivity index is 2.36. The van der Waals surface area contributed by atoms with Crippen molar-refractivity contribution >= 4 is 5.82 Å². The lowest BCUT2D eigenvalue weighted by Crippen LogP contribution is -2.36. The molecule has 0 aromatic carbocycles. The summed E-state index contributed by atoms with van der Waals surface area (Å²) in [6, 6.07) is 0. The largest absolute Gasteiger partial charge is 0.388 e. The zero-order valence-corrected chi connectivity index (χ0v) is 10.6. The summed E-state index contributed by atoms with van der Waals surface area (Å²) >= 11 is 0. The summed E-state index contributed by atoms with van der Waals surface area (Å²) in [6.07, 6.45) is -3.32. The van der Waals surface area contributed by atoms with Crippen molar-refractivity contribution < 1.29 is 19.3 Å². The van der Waals surface area contributed by atoms with Gasteiger partial charge in [0.15, 0.2) is 17.9 Å². The van der Waals surface area contributed by atoms with E-state index in [1.54, 1.807) is 13.8 Å². The van der Waals surface area contributed by atoms with E-state index in [0.29, 0.717) is 6.54 Å². The van der Waals surface area contributed by atoms with Crippen LogP contribution < -0.4 is 11.0 Å². The standard InChI is InChI=1S/C11H16FN3O4/c1-3-13-9-6(12)4-15(11(18)14-9)10-8(17)7(16)5(2)19-10/h4-5,7-8,10,16-17H,3H2,1-2H3,(H,13,14,18)/t5-,7-,8-,10-/m1/s1. The van der Waals surface area contributed by atoms with Gasteiger partial charge in [-0.05, 0) is 13.8 Å². The highest BCUT2D eigenvalue weighted by molar-refractivity contribution is 5.33. The molecule has 0 radical (unpaired) electrons. The van der Waals surface area contributed by atoms with E-state index in [4.69, 9.17) is 4.74 Å². The van der Waals surface area contributed by atoms with E-state index in [1.165, 1.54) is 0 Å². The highest BCUT2D eigenvalue weighted by atomic mass is 19.1. The first-order valence-corrected chi connectivity index (χ1v) is 5.99. The van der Waals surface area contributed by atoms with Gasteiger partial charge in [-0.2, -0.15) is 4.98 Å². The minimum absolute atomic E-state index is 0.148. The van der Waals surface area contributed by atoms with Crippen LogP contribution in [0.2, 0.25) is 0 Å². The van der Waals surface area contributed by atoms with Crippen LogP contribution in [0.5, 0.6) is 0 Å². The summed E-state index contributed by atoms with van der Waals surface area (Å²) in [5.74, 6) is -0.879. The van der Waals surface area contributed by atoms with Crippen LogP contribution in [0.15, 0.2) is 11.0 Å². The van der Waals surface area contributed by atoms with E-state index < -0.39 is 36.0 Å². The summed E-state index contributed by atoms with van der Waals surface area (Å²) in [5, 5.41) is 22.0. The summed E-state index contributed by atoms with van der Waals surface area (Å²) in [6.45, 7) is 3.72. The van der Waals surface area contributed by atoms with E-state index in [-0.39, 0.29) is 5.82 Å². The van der Waals surface area contributed by atoms with Crippen molar-refractivity contribution in [2.45, 2.75) is 38.4 Å². The third-order valence-electron chi connectivity index (χ3n) is 3.00. The lowest BCUT2D eigenvalue weighted by molar-refractivity contribution is -0.0355. The Bertz CT molecular complexity index is 521. The van der Waals surface area contributed by atoms with E-state index >= 15 is 0 Å². The lowest BCUT2D eigenvalue weighted by Gasteiger charge is -2.17. The smallest absolute Gasteiger partial charge is 0.351 e. The van der Waals surface area contributed by atoms with Crippen molar-refractivity contribution in [1.29, 1.82) is 0 Å². The van der Waals surface area contributed by atoms with Crippen LogP contribution in [0, 0.1) is 5.82 Å². The highest BCUT2D eigenvalue weighted by Gasteiger charge is 2.42. The van der Waals surface area contributed by atoms with Gasteiger partial charge in [0.25, 0.3) is 0 Å². The van der Waals surface area contributed by atoms with Crippen molar-refractivity contribution in [2.75, 3.05) is 11.9 Å². The molecule has 0 saturated carbocycles. The molecule has 4 atom stereocenters. The number of nitrogens with zero attached hydrogens (tertiary/aromatic N) is 2. The number of aromatic nitrogens is 2. The third-order valence-corrected chi connectivity index (χ3v) is 3.00. The fraction of sp³-hybridized carbons (Fsp3) is 0.636. The maximum Gasteiger partial charge on any atom is 0.351 e. The van der Waals surface area contributed by atoms with Crippen LogP contribution in [0.25, 0.3) is 0 Å². The molecule has 0 bridgehead atoms. The zero-order chi connectivity index (χ0) is 14.2. The number of nitrogens with one attached hydrogen (secondary N) is 1. The first-order chi connectivity index (χ1) is 8.95. The Labute approximate surface area is 108 Å². The zero-order valence-electron chi connectivity index (χ0n) is 10.6. The van der Waals surface area contributed by atoms with Gasteiger partial charge in [-0.15, -0.1) is 0 Å². The van der Waals surface area contributed by atoms with Crippen molar-refractivity contribution in [2.24, 2.45) is 0 Å². The predicted octanol–water partition coefficient (Wildman–Crippen LogP) is -0.547. The fourth-order valence-electron chi connectivity index (χ4n) is 1.98. The maximum absolute atomic E-state index is 13.7. The minimum atomic E-state index is -1.31. The van der Waals surface area contributed by atoms with E-state index in [0.717, 1.165) is 10.8 Å². The molecule has 1 aliphatic heterocycles. The normalized spacial score (nSPS) is 30.6. The van der Waals surface area contributed by atoms with Gasteiger partial charge >= 0.3 is 5.69 Å². The predicted molar refractivity (Wildman–Crippen MR) is 64.2 cm³/mol. The minimum Gasteiger partial charge on any atom is -0.388 e. The quantitative estimate of drug-likeness (QED) is 0.684. The van der Waals surface area contributed by atoms with Crippen molar-refractivity contribution in [1.82, 2.24) is 9.55 Å². The molecule has 106 valence electrons. The summed E-state index contributed by atoms with van der Waals surface area (Å²) < 4.78 is 19.8. The average Bonchev–Trinajstić information content (AvgIpc) is 2.61.